The maximum atomic E-state index is 10.6. The Morgan fingerprint density at radius 1 is 1.42 bits per heavy atom. The second-order valence-electron chi connectivity index (χ2n) is 4.59. The van der Waals surface area contributed by atoms with E-state index in [2.05, 4.69) is 36.1 Å². The largest absolute Gasteiger partial charge is 0.481 e. The number of carboxylic acid groups (broad SMARTS) is 1. The maximum absolute atomic E-state index is 10.6. The second kappa shape index (κ2) is 8.81. The number of carbonyl (C=O) groups is 1. The molecule has 0 aromatic rings. The van der Waals surface area contributed by atoms with Crippen LogP contribution in [0.4, 0.5) is 0 Å². The zero-order valence-electron chi connectivity index (χ0n) is 11.4. The van der Waals surface area contributed by atoms with Crippen LogP contribution in [-0.4, -0.2) is 34.9 Å². The molecule has 0 saturated heterocycles. The van der Waals surface area contributed by atoms with Crippen LogP contribution in [0.2, 0.25) is 0 Å². The Hall–Kier alpha value is -1.22. The molecule has 0 unspecified atom stereocenters. The lowest BCUT2D eigenvalue weighted by atomic mass is 10.1. The van der Waals surface area contributed by atoms with E-state index < -0.39 is 5.97 Å². The van der Waals surface area contributed by atoms with Gasteiger partial charge in [0.05, 0.1) is 0 Å². The van der Waals surface area contributed by atoms with Crippen LogP contribution in [0, 0.1) is 0 Å². The summed E-state index contributed by atoms with van der Waals surface area (Å²) in [5.41, 5.74) is 2.32. The summed E-state index contributed by atoms with van der Waals surface area (Å²) in [6.45, 7) is 3.97. The van der Waals surface area contributed by atoms with Crippen LogP contribution < -0.4 is 0 Å². The average molecular weight is 284 g/mol. The van der Waals surface area contributed by atoms with Crippen LogP contribution in [0.25, 0.3) is 0 Å². The molecule has 0 atom stereocenters. The number of allylic oxidation sites excluding steroid dienone is 5. The Morgan fingerprint density at radius 2 is 2.21 bits per heavy atom. The molecule has 0 aromatic heterocycles. The molecule has 0 bridgehead atoms. The minimum Gasteiger partial charge on any atom is -0.481 e. The topological polar surface area (TPSA) is 40.5 Å². The van der Waals surface area contributed by atoms with Gasteiger partial charge in [-0.2, -0.15) is 0 Å². The summed E-state index contributed by atoms with van der Waals surface area (Å²) in [4.78, 5) is 12.9. The van der Waals surface area contributed by atoms with Crippen LogP contribution in [0.1, 0.15) is 32.6 Å². The summed E-state index contributed by atoms with van der Waals surface area (Å²) in [5, 5.41) is 8.71. The predicted molar refractivity (Wildman–Crippen MR) is 79.4 cm³/mol. The fraction of sp³-hybridized carbons (Fsp3) is 0.533. The molecule has 0 fully saturated rings. The zero-order chi connectivity index (χ0) is 14.1. The van der Waals surface area contributed by atoms with Gasteiger partial charge in [-0.15, -0.1) is 11.6 Å². The van der Waals surface area contributed by atoms with Crippen molar-refractivity contribution >= 4 is 17.6 Å². The van der Waals surface area contributed by atoms with E-state index in [1.165, 1.54) is 0 Å². The highest BCUT2D eigenvalue weighted by Gasteiger charge is 2.08. The zero-order valence-corrected chi connectivity index (χ0v) is 12.2. The number of hydrogen-bond donors (Lipinski definition) is 1. The maximum Gasteiger partial charge on any atom is 0.303 e. The Balaban J connectivity index is 2.70. The third-order valence-corrected chi connectivity index (χ3v) is 3.20. The van der Waals surface area contributed by atoms with Crippen molar-refractivity contribution in [3.05, 3.63) is 35.6 Å². The number of halogens is 1. The first-order chi connectivity index (χ1) is 9.17. The average Bonchev–Trinajstić information content (AvgIpc) is 2.61. The van der Waals surface area contributed by atoms with Gasteiger partial charge in [0, 0.05) is 31.1 Å². The van der Waals surface area contributed by atoms with Crippen LogP contribution in [0.3, 0.4) is 0 Å². The molecule has 0 heterocycles. The van der Waals surface area contributed by atoms with Crippen LogP contribution in [0.5, 0.6) is 0 Å². The van der Waals surface area contributed by atoms with Gasteiger partial charge in [0.1, 0.15) is 0 Å². The van der Waals surface area contributed by atoms with E-state index in [9.17, 15) is 4.79 Å². The van der Waals surface area contributed by atoms with Crippen LogP contribution >= 0.6 is 11.6 Å². The van der Waals surface area contributed by atoms with Gasteiger partial charge >= 0.3 is 5.97 Å². The summed E-state index contributed by atoms with van der Waals surface area (Å²) in [7, 11) is 0. The Labute approximate surface area is 120 Å². The van der Waals surface area contributed by atoms with E-state index in [-0.39, 0.29) is 6.42 Å². The van der Waals surface area contributed by atoms with E-state index in [1.807, 2.05) is 0 Å². The SMILES string of the molecule is CCCN(CCCl)C1=CC=C(CCC(=O)O)CC=C1. The molecule has 19 heavy (non-hydrogen) atoms. The summed E-state index contributed by atoms with van der Waals surface area (Å²) in [6.07, 6.45) is 11.1. The van der Waals surface area contributed by atoms with Crippen molar-refractivity contribution in [2.24, 2.45) is 0 Å². The van der Waals surface area contributed by atoms with E-state index in [4.69, 9.17) is 16.7 Å². The summed E-state index contributed by atoms with van der Waals surface area (Å²) in [5.74, 6) is -0.131. The molecule has 1 aliphatic rings. The summed E-state index contributed by atoms with van der Waals surface area (Å²) >= 11 is 5.83. The standard InChI is InChI=1S/C15H22ClNO2/c1-2-11-17(12-10-16)14-5-3-4-13(6-8-14)7-9-15(18)19/h3,5-6,8H,2,4,7,9-12H2,1H3,(H,18,19). The summed E-state index contributed by atoms with van der Waals surface area (Å²) in [6, 6.07) is 0. The molecule has 0 saturated carbocycles. The molecule has 3 nitrogen and oxygen atoms in total. The first-order valence-corrected chi connectivity index (χ1v) is 7.29. The predicted octanol–water partition coefficient (Wildman–Crippen LogP) is 3.57. The number of aliphatic carboxylic acids is 1. The molecule has 4 heteroatoms. The molecule has 0 radical (unpaired) electrons. The molecule has 1 aliphatic carbocycles. The smallest absolute Gasteiger partial charge is 0.303 e. The Morgan fingerprint density at radius 3 is 2.84 bits per heavy atom. The van der Waals surface area contributed by atoms with Crippen LogP contribution in [0.15, 0.2) is 35.6 Å². The first-order valence-electron chi connectivity index (χ1n) is 6.76. The monoisotopic (exact) mass is 283 g/mol. The van der Waals surface area contributed by atoms with E-state index in [0.29, 0.717) is 12.3 Å². The third-order valence-electron chi connectivity index (χ3n) is 3.03. The Kier molecular flexibility index (Phi) is 7.34. The summed E-state index contributed by atoms with van der Waals surface area (Å²) < 4.78 is 0. The Bertz CT molecular complexity index is 380. The molecule has 1 rings (SSSR count). The van der Waals surface area contributed by atoms with Crippen molar-refractivity contribution in [1.82, 2.24) is 4.90 Å². The normalized spacial score (nSPS) is 14.6. The van der Waals surface area contributed by atoms with Gasteiger partial charge < -0.3 is 10.0 Å². The molecule has 1 N–H and O–H groups in total. The van der Waals surface area contributed by atoms with Gasteiger partial charge in [-0.3, -0.25) is 4.79 Å². The highest BCUT2D eigenvalue weighted by Crippen LogP contribution is 2.18. The van der Waals surface area contributed by atoms with Gasteiger partial charge in [-0.1, -0.05) is 24.6 Å². The minimum absolute atomic E-state index is 0.198. The number of rotatable bonds is 8. The quantitative estimate of drug-likeness (QED) is 0.692. The van der Waals surface area contributed by atoms with Crippen LogP contribution in [-0.2, 0) is 4.79 Å². The molecule has 0 aromatic carbocycles. The number of alkyl halides is 1. The van der Waals surface area contributed by atoms with Crippen molar-refractivity contribution in [3.63, 3.8) is 0 Å². The van der Waals surface area contributed by atoms with Gasteiger partial charge in [0.25, 0.3) is 0 Å². The minimum atomic E-state index is -0.743. The van der Waals surface area contributed by atoms with E-state index in [0.717, 1.165) is 37.2 Å². The first kappa shape index (κ1) is 15.8. The van der Waals surface area contributed by atoms with Gasteiger partial charge in [0.15, 0.2) is 0 Å². The number of hydrogen-bond acceptors (Lipinski definition) is 2. The van der Waals surface area contributed by atoms with Crippen molar-refractivity contribution in [2.75, 3.05) is 19.0 Å². The van der Waals surface area contributed by atoms with Gasteiger partial charge in [0.2, 0.25) is 0 Å². The molecular weight excluding hydrogens is 262 g/mol. The van der Waals surface area contributed by atoms with Crippen molar-refractivity contribution in [3.8, 4) is 0 Å². The molecule has 0 amide bonds. The number of carboxylic acids is 1. The highest BCUT2D eigenvalue weighted by atomic mass is 35.5. The lowest BCUT2D eigenvalue weighted by Gasteiger charge is -2.24. The van der Waals surface area contributed by atoms with E-state index >= 15 is 0 Å². The molecule has 0 spiro atoms. The van der Waals surface area contributed by atoms with Crippen molar-refractivity contribution < 1.29 is 9.90 Å². The molecule has 0 aliphatic heterocycles. The lowest BCUT2D eigenvalue weighted by molar-refractivity contribution is -0.136. The fourth-order valence-electron chi connectivity index (χ4n) is 2.06. The highest BCUT2D eigenvalue weighted by molar-refractivity contribution is 6.18. The second-order valence-corrected chi connectivity index (χ2v) is 4.97. The lowest BCUT2D eigenvalue weighted by Crippen LogP contribution is -2.25. The van der Waals surface area contributed by atoms with E-state index in [1.54, 1.807) is 0 Å². The van der Waals surface area contributed by atoms with Gasteiger partial charge in [-0.25, -0.2) is 0 Å². The number of nitrogens with zero attached hydrogens (tertiary/aromatic N) is 1. The third kappa shape index (κ3) is 5.97. The van der Waals surface area contributed by atoms with Crippen molar-refractivity contribution in [2.45, 2.75) is 32.6 Å². The van der Waals surface area contributed by atoms with Gasteiger partial charge in [-0.05, 0) is 31.4 Å². The fourth-order valence-corrected chi connectivity index (χ4v) is 2.27. The van der Waals surface area contributed by atoms with Crippen molar-refractivity contribution in [1.29, 1.82) is 0 Å². The molecular formula is C15H22ClNO2. The molecule has 106 valence electrons.